The summed E-state index contributed by atoms with van der Waals surface area (Å²) in [6, 6.07) is 11.9. The Morgan fingerprint density at radius 1 is 1.00 bits per heavy atom. The zero-order valence-corrected chi connectivity index (χ0v) is 19.9. The highest BCUT2D eigenvalue weighted by Gasteiger charge is 2.41. The molecule has 3 aliphatic heterocycles. The largest absolute Gasteiger partial charge is 0.343 e. The molecular formula is C24H26FN5O4S. The van der Waals surface area contributed by atoms with Gasteiger partial charge in [0.25, 0.3) is 10.0 Å². The Kier molecular flexibility index (Phi) is 6.28. The lowest BCUT2D eigenvalue weighted by molar-refractivity contribution is -0.136. The van der Waals surface area contributed by atoms with Crippen LogP contribution in [0.5, 0.6) is 0 Å². The Hall–Kier alpha value is -3.31. The first-order valence-corrected chi connectivity index (χ1v) is 13.0. The molecule has 1 N–H and O–H groups in total. The molecule has 0 bridgehead atoms. The smallest absolute Gasteiger partial charge is 0.285 e. The predicted octanol–water partition coefficient (Wildman–Crippen LogP) is 1.52. The van der Waals surface area contributed by atoms with Crippen LogP contribution in [0.25, 0.3) is 0 Å². The van der Waals surface area contributed by atoms with Crippen molar-refractivity contribution in [2.24, 2.45) is 4.40 Å². The molecule has 11 heteroatoms. The molecule has 35 heavy (non-hydrogen) atoms. The fourth-order valence-corrected chi connectivity index (χ4v) is 6.06. The number of anilines is 1. The SMILES string of the molecule is O=C(CN1CCN(C(=O)[C@@H]2CCCN2C2=NS(=O)(=O)c3ccccc32)CC1)Nc1ccc(F)cc1. The number of benzene rings is 2. The van der Waals surface area contributed by atoms with Gasteiger partial charge in [0.05, 0.1) is 6.54 Å². The van der Waals surface area contributed by atoms with Crippen molar-refractivity contribution in [2.45, 2.75) is 23.8 Å². The molecule has 0 aromatic heterocycles. The normalized spacial score (nSPS) is 21.5. The fourth-order valence-electron chi connectivity index (χ4n) is 4.85. The van der Waals surface area contributed by atoms with E-state index in [0.717, 1.165) is 6.42 Å². The second-order valence-electron chi connectivity index (χ2n) is 8.89. The molecule has 0 unspecified atom stereocenters. The van der Waals surface area contributed by atoms with E-state index in [1.54, 1.807) is 29.2 Å². The summed E-state index contributed by atoms with van der Waals surface area (Å²) >= 11 is 0. The van der Waals surface area contributed by atoms with Crippen LogP contribution < -0.4 is 5.32 Å². The van der Waals surface area contributed by atoms with Gasteiger partial charge >= 0.3 is 0 Å². The van der Waals surface area contributed by atoms with E-state index in [9.17, 15) is 22.4 Å². The van der Waals surface area contributed by atoms with Crippen molar-refractivity contribution >= 4 is 33.4 Å². The molecule has 0 radical (unpaired) electrons. The van der Waals surface area contributed by atoms with E-state index in [-0.39, 0.29) is 29.1 Å². The molecule has 0 saturated carbocycles. The van der Waals surface area contributed by atoms with Gasteiger partial charge in [-0.15, -0.1) is 4.40 Å². The van der Waals surface area contributed by atoms with E-state index in [2.05, 4.69) is 9.71 Å². The molecule has 2 aromatic carbocycles. The predicted molar refractivity (Wildman–Crippen MR) is 128 cm³/mol. The first-order valence-electron chi connectivity index (χ1n) is 11.6. The molecule has 0 aliphatic carbocycles. The van der Waals surface area contributed by atoms with Gasteiger partial charge in [0, 0.05) is 44.0 Å². The molecule has 3 heterocycles. The van der Waals surface area contributed by atoms with Gasteiger partial charge in [0.2, 0.25) is 11.8 Å². The van der Waals surface area contributed by atoms with E-state index in [1.807, 2.05) is 9.80 Å². The highest BCUT2D eigenvalue weighted by molar-refractivity contribution is 7.90. The third-order valence-electron chi connectivity index (χ3n) is 6.60. The maximum absolute atomic E-state index is 13.4. The number of likely N-dealkylation sites (tertiary alicyclic amines) is 1. The second kappa shape index (κ2) is 9.38. The number of halogens is 1. The highest BCUT2D eigenvalue weighted by Crippen LogP contribution is 2.31. The monoisotopic (exact) mass is 499 g/mol. The molecule has 2 saturated heterocycles. The molecule has 2 amide bonds. The van der Waals surface area contributed by atoms with Gasteiger partial charge in [0.1, 0.15) is 16.8 Å². The van der Waals surface area contributed by atoms with E-state index in [1.165, 1.54) is 24.3 Å². The zero-order chi connectivity index (χ0) is 24.6. The quantitative estimate of drug-likeness (QED) is 0.685. The molecule has 0 spiro atoms. The third kappa shape index (κ3) is 4.78. The van der Waals surface area contributed by atoms with E-state index >= 15 is 0 Å². The van der Waals surface area contributed by atoms with Crippen LogP contribution in [0.2, 0.25) is 0 Å². The molecular weight excluding hydrogens is 473 g/mol. The first-order chi connectivity index (χ1) is 16.8. The maximum Gasteiger partial charge on any atom is 0.285 e. The standard InChI is InChI=1S/C24H26FN5O4S/c25-17-7-9-18(10-8-17)26-22(31)16-28-12-14-29(15-13-28)24(32)20-5-3-11-30(20)23-19-4-1-2-6-21(19)35(33,34)27-23/h1-2,4,6-10,20H,3,5,11-16H2,(H,26,31)/t20-/m0/s1. The van der Waals surface area contributed by atoms with Crippen LogP contribution in [-0.2, 0) is 19.6 Å². The van der Waals surface area contributed by atoms with E-state index < -0.39 is 16.1 Å². The molecule has 2 aromatic rings. The fraction of sp³-hybridized carbons (Fsp3) is 0.375. The van der Waals surface area contributed by atoms with Gasteiger partial charge in [-0.25, -0.2) is 4.39 Å². The highest BCUT2D eigenvalue weighted by atomic mass is 32.2. The molecule has 2 fully saturated rings. The van der Waals surface area contributed by atoms with Crippen molar-refractivity contribution in [1.29, 1.82) is 0 Å². The first kappa shape index (κ1) is 23.4. The summed E-state index contributed by atoms with van der Waals surface area (Å²) in [6.45, 7) is 2.81. The molecule has 9 nitrogen and oxygen atoms in total. The van der Waals surface area contributed by atoms with Gasteiger partial charge in [-0.3, -0.25) is 14.5 Å². The molecule has 3 aliphatic rings. The van der Waals surface area contributed by atoms with Crippen LogP contribution in [0.1, 0.15) is 18.4 Å². The van der Waals surface area contributed by atoms with Gasteiger partial charge in [-0.2, -0.15) is 8.42 Å². The number of carbonyl (C=O) groups is 2. The summed E-state index contributed by atoms with van der Waals surface area (Å²) in [5.41, 5.74) is 1.08. The third-order valence-corrected chi connectivity index (χ3v) is 7.93. The Balaban J connectivity index is 1.19. The lowest BCUT2D eigenvalue weighted by Crippen LogP contribution is -2.55. The number of piperazine rings is 1. The number of sulfonamides is 1. The molecule has 5 rings (SSSR count). The van der Waals surface area contributed by atoms with Crippen LogP contribution in [0, 0.1) is 5.82 Å². The number of nitrogens with zero attached hydrogens (tertiary/aromatic N) is 4. The van der Waals surface area contributed by atoms with Crippen molar-refractivity contribution in [1.82, 2.24) is 14.7 Å². The lowest BCUT2D eigenvalue weighted by atomic mass is 10.1. The van der Waals surface area contributed by atoms with Crippen LogP contribution >= 0.6 is 0 Å². The number of hydrogen-bond donors (Lipinski definition) is 1. The summed E-state index contributed by atoms with van der Waals surface area (Å²) < 4.78 is 42.0. The Morgan fingerprint density at radius 2 is 1.71 bits per heavy atom. The van der Waals surface area contributed by atoms with Gasteiger partial charge in [0.15, 0.2) is 5.84 Å². The average molecular weight is 500 g/mol. The van der Waals surface area contributed by atoms with Crippen molar-refractivity contribution in [2.75, 3.05) is 44.6 Å². The summed E-state index contributed by atoms with van der Waals surface area (Å²) in [6.07, 6.45) is 1.42. The van der Waals surface area contributed by atoms with Gasteiger partial charge in [-0.1, -0.05) is 12.1 Å². The summed E-state index contributed by atoms with van der Waals surface area (Å²) in [4.78, 5) is 31.5. The van der Waals surface area contributed by atoms with Crippen LogP contribution in [0.4, 0.5) is 10.1 Å². The van der Waals surface area contributed by atoms with Crippen LogP contribution in [0.3, 0.4) is 0 Å². The minimum absolute atomic E-state index is 0.0395. The molecule has 1 atom stereocenters. The Bertz CT molecular complexity index is 1270. The van der Waals surface area contributed by atoms with Crippen LogP contribution in [0.15, 0.2) is 57.8 Å². The van der Waals surface area contributed by atoms with Crippen molar-refractivity contribution in [3.8, 4) is 0 Å². The molecule has 184 valence electrons. The number of amidine groups is 1. The van der Waals surface area contributed by atoms with Crippen LogP contribution in [-0.4, -0.2) is 86.1 Å². The maximum atomic E-state index is 13.4. The topological polar surface area (TPSA) is 102 Å². The van der Waals surface area contributed by atoms with Gasteiger partial charge in [-0.05, 0) is 49.2 Å². The number of nitrogens with one attached hydrogen (secondary N) is 1. The number of amides is 2. The van der Waals surface area contributed by atoms with Crippen molar-refractivity contribution in [3.05, 3.63) is 59.9 Å². The second-order valence-corrected chi connectivity index (χ2v) is 10.5. The Labute approximate surface area is 203 Å². The van der Waals surface area contributed by atoms with Crippen molar-refractivity contribution < 1.29 is 22.4 Å². The van der Waals surface area contributed by atoms with Gasteiger partial charge < -0.3 is 15.1 Å². The summed E-state index contributed by atoms with van der Waals surface area (Å²) in [7, 11) is -3.75. The number of fused-ring (bicyclic) bond motifs is 1. The summed E-state index contributed by atoms with van der Waals surface area (Å²) in [5, 5.41) is 2.75. The number of rotatable bonds is 4. The number of hydrogen-bond acceptors (Lipinski definition) is 6. The minimum atomic E-state index is -3.75. The van der Waals surface area contributed by atoms with E-state index in [0.29, 0.717) is 56.2 Å². The lowest BCUT2D eigenvalue weighted by Gasteiger charge is -2.37. The minimum Gasteiger partial charge on any atom is -0.343 e. The summed E-state index contributed by atoms with van der Waals surface area (Å²) in [5.74, 6) is -0.247. The zero-order valence-electron chi connectivity index (χ0n) is 19.1. The number of carbonyl (C=O) groups excluding carboxylic acids is 2. The Morgan fingerprint density at radius 3 is 2.46 bits per heavy atom. The average Bonchev–Trinajstić information content (AvgIpc) is 3.43. The van der Waals surface area contributed by atoms with E-state index in [4.69, 9.17) is 0 Å². The van der Waals surface area contributed by atoms with Crippen molar-refractivity contribution in [3.63, 3.8) is 0 Å².